The molecule has 1 aliphatic rings. The quantitative estimate of drug-likeness (QED) is 0.715. The largest absolute Gasteiger partial charge is 0.393 e. The minimum Gasteiger partial charge on any atom is -0.387 e. The molecule has 0 aromatic carbocycles. The van der Waals surface area contributed by atoms with Crippen LogP contribution in [0.25, 0.3) is 0 Å². The molecule has 2 atom stereocenters. The molecule has 0 bridgehead atoms. The van der Waals surface area contributed by atoms with Gasteiger partial charge in [-0.15, -0.1) is 0 Å². The number of aliphatic hydroxyl groups is 1. The number of nitrogens with zero attached hydrogens (tertiary/aromatic N) is 1. The number of aromatic nitrogens is 1. The van der Waals surface area contributed by atoms with Crippen molar-refractivity contribution in [2.75, 3.05) is 17.2 Å². The number of hydrogen-bond donors (Lipinski definition) is 3. The van der Waals surface area contributed by atoms with Crippen molar-refractivity contribution >= 4 is 11.5 Å². The number of halogens is 3. The number of rotatable bonds is 5. The van der Waals surface area contributed by atoms with Crippen LogP contribution in [0.5, 0.6) is 0 Å². The van der Waals surface area contributed by atoms with Gasteiger partial charge in [-0.05, 0) is 45.2 Å². The van der Waals surface area contributed by atoms with E-state index in [0.717, 1.165) is 12.8 Å². The molecule has 3 N–H and O–H groups in total. The number of fused-ring (bicyclic) bond motifs is 1. The van der Waals surface area contributed by atoms with Crippen molar-refractivity contribution in [2.45, 2.75) is 71.2 Å². The Morgan fingerprint density at radius 2 is 2.04 bits per heavy atom. The summed E-state index contributed by atoms with van der Waals surface area (Å²) in [6, 6.07) is 1.62. The summed E-state index contributed by atoms with van der Waals surface area (Å²) >= 11 is 0. The van der Waals surface area contributed by atoms with Crippen molar-refractivity contribution < 1.29 is 18.3 Å². The van der Waals surface area contributed by atoms with E-state index >= 15 is 0 Å². The van der Waals surface area contributed by atoms with Crippen LogP contribution < -0.4 is 10.6 Å². The number of alkyl halides is 3. The Morgan fingerprint density at radius 1 is 1.36 bits per heavy atom. The summed E-state index contributed by atoms with van der Waals surface area (Å²) in [5, 5.41) is 16.5. The van der Waals surface area contributed by atoms with Crippen LogP contribution in [0.2, 0.25) is 0 Å². The maximum absolute atomic E-state index is 13.1. The number of unbranched alkanes of at least 4 members (excludes halogenated alkanes) is 1. The van der Waals surface area contributed by atoms with Crippen LogP contribution in [0.4, 0.5) is 24.7 Å². The van der Waals surface area contributed by atoms with Crippen LogP contribution >= 0.6 is 0 Å². The lowest BCUT2D eigenvalue weighted by Crippen LogP contribution is -2.36. The second-order valence-electron chi connectivity index (χ2n) is 7.79. The maximum Gasteiger partial charge on any atom is 0.393 e. The van der Waals surface area contributed by atoms with Gasteiger partial charge in [-0.25, -0.2) is 4.98 Å². The van der Waals surface area contributed by atoms with Crippen LogP contribution in [-0.2, 0) is 6.42 Å². The van der Waals surface area contributed by atoms with Crippen molar-refractivity contribution in [3.05, 3.63) is 17.3 Å². The Labute approximate surface area is 147 Å². The molecule has 0 spiro atoms. The first-order chi connectivity index (χ1) is 11.5. The Hall–Kier alpha value is -1.50. The van der Waals surface area contributed by atoms with E-state index in [1.807, 2.05) is 27.7 Å². The smallest absolute Gasteiger partial charge is 0.387 e. The van der Waals surface area contributed by atoms with Gasteiger partial charge in [-0.3, -0.25) is 0 Å². The van der Waals surface area contributed by atoms with E-state index in [-0.39, 0.29) is 18.5 Å². The van der Waals surface area contributed by atoms with E-state index in [2.05, 4.69) is 15.6 Å². The summed E-state index contributed by atoms with van der Waals surface area (Å²) in [5.74, 6) is -0.915. The molecule has 0 fully saturated rings. The molecule has 0 radical (unpaired) electrons. The van der Waals surface area contributed by atoms with Gasteiger partial charge in [0.25, 0.3) is 0 Å². The lowest BCUT2D eigenvalue weighted by Gasteiger charge is -2.32. The van der Waals surface area contributed by atoms with Crippen LogP contribution in [0, 0.1) is 5.92 Å². The first kappa shape index (κ1) is 19.8. The molecule has 142 valence electrons. The van der Waals surface area contributed by atoms with Crippen molar-refractivity contribution in [1.29, 1.82) is 0 Å². The Bertz CT molecular complexity index is 596. The molecule has 1 aliphatic heterocycles. The van der Waals surface area contributed by atoms with Crippen molar-refractivity contribution in [3.63, 3.8) is 0 Å². The van der Waals surface area contributed by atoms with Crippen LogP contribution in [0.3, 0.4) is 0 Å². The molecule has 2 heterocycles. The van der Waals surface area contributed by atoms with Crippen LogP contribution in [0.15, 0.2) is 6.07 Å². The minimum atomic E-state index is -4.24. The van der Waals surface area contributed by atoms with Crippen molar-refractivity contribution in [3.8, 4) is 0 Å². The predicted molar refractivity (Wildman–Crippen MR) is 93.8 cm³/mol. The molecular weight excluding hydrogens is 331 g/mol. The summed E-state index contributed by atoms with van der Waals surface area (Å²) in [7, 11) is 0. The fourth-order valence-electron chi connectivity index (χ4n) is 2.93. The van der Waals surface area contributed by atoms with E-state index in [0.29, 0.717) is 29.2 Å². The molecule has 2 rings (SSSR count). The third kappa shape index (κ3) is 5.23. The normalized spacial score (nSPS) is 19.1. The third-order valence-electron chi connectivity index (χ3n) is 4.24. The third-order valence-corrected chi connectivity index (χ3v) is 4.24. The van der Waals surface area contributed by atoms with Crippen molar-refractivity contribution in [1.82, 2.24) is 4.98 Å². The zero-order valence-electron chi connectivity index (χ0n) is 15.3. The molecule has 2 unspecified atom stereocenters. The van der Waals surface area contributed by atoms with Crippen LogP contribution in [-0.4, -0.2) is 28.4 Å². The van der Waals surface area contributed by atoms with Gasteiger partial charge in [0.2, 0.25) is 0 Å². The van der Waals surface area contributed by atoms with Gasteiger partial charge in [0.15, 0.2) is 5.82 Å². The zero-order chi connectivity index (χ0) is 18.8. The first-order valence-corrected chi connectivity index (χ1v) is 8.82. The number of hydrogen-bond acceptors (Lipinski definition) is 4. The molecule has 1 aromatic heterocycles. The van der Waals surface area contributed by atoms with Gasteiger partial charge >= 0.3 is 6.18 Å². The fraction of sp³-hybridized carbons (Fsp3) is 0.722. The highest BCUT2D eigenvalue weighted by Crippen LogP contribution is 2.39. The lowest BCUT2D eigenvalue weighted by atomic mass is 9.92. The minimum absolute atomic E-state index is 0.0966. The highest BCUT2D eigenvalue weighted by atomic mass is 19.4. The summed E-state index contributed by atoms with van der Waals surface area (Å²) in [5.41, 5.74) is 1.31. The molecule has 7 heteroatoms. The summed E-state index contributed by atoms with van der Waals surface area (Å²) in [6.07, 6.45) is -2.78. The monoisotopic (exact) mass is 359 g/mol. The SMILES string of the molecule is CCCCC(O)c1cc2c(c(NC(C)(C)C)n1)NCC(C(F)(F)F)C2. The van der Waals surface area contributed by atoms with Gasteiger partial charge in [0.05, 0.1) is 23.4 Å². The van der Waals surface area contributed by atoms with E-state index in [1.165, 1.54) is 0 Å². The Kier molecular flexibility index (Phi) is 5.86. The number of aliphatic hydroxyl groups excluding tert-OH is 1. The molecule has 0 amide bonds. The second kappa shape index (κ2) is 7.40. The van der Waals surface area contributed by atoms with Gasteiger partial charge in [-0.1, -0.05) is 19.8 Å². The summed E-state index contributed by atoms with van der Waals surface area (Å²) in [6.45, 7) is 7.75. The van der Waals surface area contributed by atoms with E-state index < -0.39 is 18.2 Å². The van der Waals surface area contributed by atoms with E-state index in [1.54, 1.807) is 6.07 Å². The Balaban J connectivity index is 2.39. The topological polar surface area (TPSA) is 57.2 Å². The molecule has 25 heavy (non-hydrogen) atoms. The highest BCUT2D eigenvalue weighted by Gasteiger charge is 2.42. The average molecular weight is 359 g/mol. The van der Waals surface area contributed by atoms with Gasteiger partial charge < -0.3 is 15.7 Å². The number of anilines is 2. The first-order valence-electron chi connectivity index (χ1n) is 8.82. The van der Waals surface area contributed by atoms with E-state index in [9.17, 15) is 18.3 Å². The Morgan fingerprint density at radius 3 is 2.60 bits per heavy atom. The van der Waals surface area contributed by atoms with Gasteiger partial charge in [-0.2, -0.15) is 13.2 Å². The van der Waals surface area contributed by atoms with Gasteiger partial charge in [0.1, 0.15) is 0 Å². The van der Waals surface area contributed by atoms with Crippen molar-refractivity contribution in [2.24, 2.45) is 5.92 Å². The lowest BCUT2D eigenvalue weighted by molar-refractivity contribution is -0.170. The zero-order valence-corrected chi connectivity index (χ0v) is 15.3. The van der Waals surface area contributed by atoms with Gasteiger partial charge in [0, 0.05) is 12.1 Å². The molecular formula is C18H28F3N3O. The summed E-state index contributed by atoms with van der Waals surface area (Å²) in [4.78, 5) is 4.51. The number of pyridine rings is 1. The highest BCUT2D eigenvalue weighted by molar-refractivity contribution is 5.71. The van der Waals surface area contributed by atoms with Crippen LogP contribution in [0.1, 0.15) is 64.3 Å². The number of nitrogens with one attached hydrogen (secondary N) is 2. The molecule has 4 nitrogen and oxygen atoms in total. The van der Waals surface area contributed by atoms with E-state index in [4.69, 9.17) is 0 Å². The molecule has 0 saturated heterocycles. The molecule has 0 saturated carbocycles. The standard InChI is InChI=1S/C18H28F3N3O/c1-5-6-7-14(25)13-9-11-8-12(18(19,20)21)10-22-15(11)16(23-13)24-17(2,3)4/h9,12,14,22,25H,5-8,10H2,1-4H3,(H,23,24). The maximum atomic E-state index is 13.1. The predicted octanol–water partition coefficient (Wildman–Crippen LogP) is 4.66. The fourth-order valence-corrected chi connectivity index (χ4v) is 2.93. The average Bonchev–Trinajstić information content (AvgIpc) is 2.49. The second-order valence-corrected chi connectivity index (χ2v) is 7.79. The summed E-state index contributed by atoms with van der Waals surface area (Å²) < 4.78 is 39.3. The molecule has 1 aromatic rings. The molecule has 0 aliphatic carbocycles.